The first-order chi connectivity index (χ1) is 12.6. The van der Waals surface area contributed by atoms with E-state index in [1.807, 2.05) is 0 Å². The van der Waals surface area contributed by atoms with Crippen molar-refractivity contribution in [2.45, 2.75) is 20.8 Å². The molecule has 0 unspecified atom stereocenters. The Bertz CT molecular complexity index is 1190. The predicted molar refractivity (Wildman–Crippen MR) is 93.3 cm³/mol. The standard InChI is InChI=1S/C19H14O8/c1-7-4-10(20)13(14-11(21)5-8(2)26-18(14)24)16(17(7)23)15-12(22)6-9(3)27-19(15)25/h4-6,21-22H,1-3H3. The summed E-state index contributed by atoms with van der Waals surface area (Å²) in [7, 11) is 0. The third-order valence-electron chi connectivity index (χ3n) is 4.04. The first-order valence-corrected chi connectivity index (χ1v) is 7.81. The average molecular weight is 370 g/mol. The first kappa shape index (κ1) is 18.1. The van der Waals surface area contributed by atoms with Crippen LogP contribution in [0, 0.1) is 13.8 Å². The molecule has 1 aliphatic carbocycles. The van der Waals surface area contributed by atoms with Crippen molar-refractivity contribution in [1.29, 1.82) is 0 Å². The van der Waals surface area contributed by atoms with E-state index in [4.69, 9.17) is 8.83 Å². The highest BCUT2D eigenvalue weighted by Crippen LogP contribution is 2.37. The zero-order chi connectivity index (χ0) is 20.0. The summed E-state index contributed by atoms with van der Waals surface area (Å²) >= 11 is 0. The van der Waals surface area contributed by atoms with Gasteiger partial charge in [-0.3, -0.25) is 9.59 Å². The fourth-order valence-corrected chi connectivity index (χ4v) is 2.91. The molecule has 0 fully saturated rings. The molecular weight excluding hydrogens is 356 g/mol. The maximum absolute atomic E-state index is 12.7. The quantitative estimate of drug-likeness (QED) is 0.762. The second kappa shape index (κ2) is 6.24. The van der Waals surface area contributed by atoms with E-state index in [1.54, 1.807) is 0 Å². The molecule has 1 aliphatic rings. The monoisotopic (exact) mass is 370 g/mol. The molecule has 2 heterocycles. The topological polar surface area (TPSA) is 135 Å². The molecule has 3 rings (SSSR count). The van der Waals surface area contributed by atoms with Crippen molar-refractivity contribution in [1.82, 2.24) is 0 Å². The van der Waals surface area contributed by atoms with Crippen molar-refractivity contribution < 1.29 is 28.6 Å². The van der Waals surface area contributed by atoms with Crippen LogP contribution in [-0.2, 0) is 9.59 Å². The van der Waals surface area contributed by atoms with Crippen LogP contribution in [0.5, 0.6) is 11.5 Å². The number of carbonyl (C=O) groups is 2. The van der Waals surface area contributed by atoms with Gasteiger partial charge in [-0.05, 0) is 26.8 Å². The van der Waals surface area contributed by atoms with Crippen LogP contribution in [0.15, 0.2) is 42.2 Å². The predicted octanol–water partition coefficient (Wildman–Crippen LogP) is 1.63. The molecule has 0 atom stereocenters. The van der Waals surface area contributed by atoms with E-state index in [0.29, 0.717) is 0 Å². The second-order valence-electron chi connectivity index (χ2n) is 6.08. The normalized spacial score (nSPS) is 14.6. The van der Waals surface area contributed by atoms with Crippen LogP contribution in [-0.4, -0.2) is 21.8 Å². The van der Waals surface area contributed by atoms with Crippen molar-refractivity contribution in [2.75, 3.05) is 0 Å². The van der Waals surface area contributed by atoms with Gasteiger partial charge in [-0.1, -0.05) is 0 Å². The van der Waals surface area contributed by atoms with Crippen LogP contribution in [0.2, 0.25) is 0 Å². The number of hydrogen-bond acceptors (Lipinski definition) is 8. The van der Waals surface area contributed by atoms with E-state index in [1.165, 1.54) is 20.8 Å². The molecule has 27 heavy (non-hydrogen) atoms. The second-order valence-corrected chi connectivity index (χ2v) is 6.08. The Morgan fingerprint density at radius 2 is 1.19 bits per heavy atom. The fraction of sp³-hybridized carbons (Fsp3) is 0.158. The Morgan fingerprint density at radius 1 is 0.741 bits per heavy atom. The van der Waals surface area contributed by atoms with Crippen molar-refractivity contribution in [3.05, 3.63) is 67.3 Å². The van der Waals surface area contributed by atoms with E-state index in [2.05, 4.69) is 0 Å². The lowest BCUT2D eigenvalue weighted by atomic mass is 9.83. The number of rotatable bonds is 2. The third-order valence-corrected chi connectivity index (χ3v) is 4.04. The molecule has 0 aliphatic heterocycles. The molecule has 0 aromatic carbocycles. The van der Waals surface area contributed by atoms with Crippen LogP contribution in [0.3, 0.4) is 0 Å². The molecular formula is C19H14O8. The van der Waals surface area contributed by atoms with E-state index in [-0.39, 0.29) is 17.1 Å². The first-order valence-electron chi connectivity index (χ1n) is 7.81. The van der Waals surface area contributed by atoms with Gasteiger partial charge in [0.15, 0.2) is 11.6 Å². The molecule has 0 radical (unpaired) electrons. The summed E-state index contributed by atoms with van der Waals surface area (Å²) in [6.45, 7) is 4.18. The molecule has 2 N–H and O–H groups in total. The van der Waals surface area contributed by atoms with Crippen LogP contribution < -0.4 is 11.3 Å². The molecule has 2 aromatic heterocycles. The number of aromatic hydroxyl groups is 2. The van der Waals surface area contributed by atoms with Crippen molar-refractivity contribution in [3.8, 4) is 11.5 Å². The summed E-state index contributed by atoms with van der Waals surface area (Å²) in [6, 6.07) is 2.20. The highest BCUT2D eigenvalue weighted by Gasteiger charge is 2.35. The zero-order valence-corrected chi connectivity index (χ0v) is 14.6. The SMILES string of the molecule is CC1=CC(=O)C(c2c(O)cc(C)oc2=O)=C(c2c(O)cc(C)oc2=O)C1=O. The van der Waals surface area contributed by atoms with Crippen molar-refractivity contribution in [3.63, 3.8) is 0 Å². The minimum atomic E-state index is -1.06. The number of allylic oxidation sites excluding steroid dienone is 4. The smallest absolute Gasteiger partial charge is 0.347 e. The summed E-state index contributed by atoms with van der Waals surface area (Å²) in [6.07, 6.45) is 0.979. The molecule has 0 saturated carbocycles. The Balaban J connectivity index is 2.51. The molecule has 0 amide bonds. The van der Waals surface area contributed by atoms with Crippen LogP contribution in [0.4, 0.5) is 0 Å². The summed E-state index contributed by atoms with van der Waals surface area (Å²) in [4.78, 5) is 50.0. The number of Topliss-reactive ketones (excluding diaryl/α,β-unsaturated/α-hetero) is 1. The molecule has 0 saturated heterocycles. The lowest BCUT2D eigenvalue weighted by Crippen LogP contribution is -2.23. The molecule has 8 nitrogen and oxygen atoms in total. The average Bonchev–Trinajstić information content (AvgIpc) is 2.52. The van der Waals surface area contributed by atoms with Gasteiger partial charge < -0.3 is 19.0 Å². The molecule has 2 aromatic rings. The molecule has 0 bridgehead atoms. The zero-order valence-electron chi connectivity index (χ0n) is 14.6. The minimum Gasteiger partial charge on any atom is -0.507 e. The summed E-state index contributed by atoms with van der Waals surface area (Å²) in [5.41, 5.74) is -4.34. The largest absolute Gasteiger partial charge is 0.507 e. The molecule has 0 spiro atoms. The highest BCUT2D eigenvalue weighted by atomic mass is 16.4. The van der Waals surface area contributed by atoms with Gasteiger partial charge in [0.25, 0.3) is 0 Å². The van der Waals surface area contributed by atoms with Gasteiger partial charge in [0.05, 0.1) is 11.1 Å². The summed E-state index contributed by atoms with van der Waals surface area (Å²) in [5.74, 6) is -2.59. The van der Waals surface area contributed by atoms with Crippen LogP contribution in [0.25, 0.3) is 11.1 Å². The maximum Gasteiger partial charge on any atom is 0.347 e. The van der Waals surface area contributed by atoms with Crippen molar-refractivity contribution in [2.24, 2.45) is 0 Å². The highest BCUT2D eigenvalue weighted by molar-refractivity contribution is 6.49. The Labute approximate surface area is 151 Å². The third kappa shape index (κ3) is 2.91. The van der Waals surface area contributed by atoms with Gasteiger partial charge in [-0.25, -0.2) is 9.59 Å². The number of ketones is 2. The van der Waals surface area contributed by atoms with Gasteiger partial charge >= 0.3 is 11.3 Å². The lowest BCUT2D eigenvalue weighted by molar-refractivity contribution is -0.113. The Morgan fingerprint density at radius 3 is 1.63 bits per heavy atom. The van der Waals surface area contributed by atoms with Gasteiger partial charge in [0, 0.05) is 17.7 Å². The maximum atomic E-state index is 12.7. The van der Waals surface area contributed by atoms with E-state index >= 15 is 0 Å². The summed E-state index contributed by atoms with van der Waals surface area (Å²) < 4.78 is 9.85. The van der Waals surface area contributed by atoms with E-state index in [9.17, 15) is 29.4 Å². The molecule has 138 valence electrons. The van der Waals surface area contributed by atoms with Crippen LogP contribution in [0.1, 0.15) is 29.6 Å². The number of carbonyl (C=O) groups excluding carboxylic acids is 2. The summed E-state index contributed by atoms with van der Waals surface area (Å²) in [5, 5.41) is 20.4. The lowest BCUT2D eigenvalue weighted by Gasteiger charge is -2.18. The van der Waals surface area contributed by atoms with Crippen molar-refractivity contribution >= 4 is 22.7 Å². The van der Waals surface area contributed by atoms with E-state index < -0.39 is 56.6 Å². The van der Waals surface area contributed by atoms with Gasteiger partial charge in [0.1, 0.15) is 34.1 Å². The Kier molecular flexibility index (Phi) is 4.19. The minimum absolute atomic E-state index is 0.00545. The van der Waals surface area contributed by atoms with E-state index in [0.717, 1.165) is 18.2 Å². The fourth-order valence-electron chi connectivity index (χ4n) is 2.91. The van der Waals surface area contributed by atoms with Crippen LogP contribution >= 0.6 is 0 Å². The Hall–Kier alpha value is -3.68. The van der Waals surface area contributed by atoms with Gasteiger partial charge in [-0.15, -0.1) is 0 Å². The van der Waals surface area contributed by atoms with Gasteiger partial charge in [0.2, 0.25) is 0 Å². The number of hydrogen-bond donors (Lipinski definition) is 2. The molecule has 8 heteroatoms. The van der Waals surface area contributed by atoms with Gasteiger partial charge in [-0.2, -0.15) is 0 Å². The number of aryl methyl sites for hydroxylation is 2.